The molecule has 0 aliphatic heterocycles. The van der Waals surface area contributed by atoms with Gasteiger partial charge in [0.05, 0.1) is 11.8 Å². The van der Waals surface area contributed by atoms with Crippen LogP contribution in [0.3, 0.4) is 0 Å². The van der Waals surface area contributed by atoms with Crippen molar-refractivity contribution in [2.45, 2.75) is 38.2 Å². The lowest BCUT2D eigenvalue weighted by Crippen LogP contribution is -2.22. The van der Waals surface area contributed by atoms with Gasteiger partial charge in [0.2, 0.25) is 5.89 Å². The average molecular weight is 300 g/mol. The molecule has 1 aromatic heterocycles. The quantitative estimate of drug-likeness (QED) is 0.922. The van der Waals surface area contributed by atoms with Crippen LogP contribution in [-0.4, -0.2) is 27.8 Å². The zero-order chi connectivity index (χ0) is 15.6. The predicted octanol–water partition coefficient (Wildman–Crippen LogP) is 2.70. The molecular formula is C14H15F3N2O2. The predicted molar refractivity (Wildman–Crippen MR) is 68.5 cm³/mol. The van der Waals surface area contributed by atoms with Crippen LogP contribution in [0.15, 0.2) is 28.8 Å². The highest BCUT2D eigenvalue weighted by Crippen LogP contribution is 2.29. The van der Waals surface area contributed by atoms with Gasteiger partial charge in [-0.1, -0.05) is 17.3 Å². The van der Waals surface area contributed by atoms with E-state index in [2.05, 4.69) is 10.1 Å². The normalized spacial score (nSPS) is 13.7. The largest absolute Gasteiger partial charge is 0.387 e. The number of nitrogens with zero attached hydrogens (tertiary/aromatic N) is 2. The minimum absolute atomic E-state index is 0.0620. The lowest BCUT2D eigenvalue weighted by molar-refractivity contribution is -0.00754. The van der Waals surface area contributed by atoms with Gasteiger partial charge in [-0.3, -0.25) is 0 Å². The summed E-state index contributed by atoms with van der Waals surface area (Å²) in [5.74, 6) is -0.137. The van der Waals surface area contributed by atoms with Crippen molar-refractivity contribution in [1.82, 2.24) is 10.1 Å². The fourth-order valence-electron chi connectivity index (χ4n) is 1.86. The maximum absolute atomic E-state index is 13.0. The number of benzene rings is 1. The van der Waals surface area contributed by atoms with Crippen molar-refractivity contribution in [3.05, 3.63) is 47.4 Å². The molecule has 0 spiro atoms. The zero-order valence-corrected chi connectivity index (χ0v) is 11.6. The van der Waals surface area contributed by atoms with Crippen molar-refractivity contribution in [2.24, 2.45) is 0 Å². The Morgan fingerprint density at radius 1 is 1.24 bits per heavy atom. The van der Waals surface area contributed by atoms with Gasteiger partial charge in [-0.05, 0) is 31.5 Å². The summed E-state index contributed by atoms with van der Waals surface area (Å²) in [5.41, 5.74) is 0.0799. The van der Waals surface area contributed by atoms with Crippen molar-refractivity contribution >= 4 is 0 Å². The lowest BCUT2D eigenvalue weighted by atomic mass is 9.84. The van der Waals surface area contributed by atoms with E-state index in [-0.39, 0.29) is 17.5 Å². The second-order valence-electron chi connectivity index (χ2n) is 5.25. The molecule has 0 amide bonds. The second-order valence-corrected chi connectivity index (χ2v) is 5.25. The molecule has 0 saturated heterocycles. The van der Waals surface area contributed by atoms with Crippen LogP contribution in [0.2, 0.25) is 0 Å². The van der Waals surface area contributed by atoms with Gasteiger partial charge in [0, 0.05) is 0 Å². The summed E-state index contributed by atoms with van der Waals surface area (Å²) in [7, 11) is 0. The highest BCUT2D eigenvalue weighted by atomic mass is 19.3. The number of halogens is 3. The molecule has 2 aromatic rings. The highest BCUT2D eigenvalue weighted by Gasteiger charge is 2.30. The van der Waals surface area contributed by atoms with E-state index in [9.17, 15) is 13.2 Å². The Morgan fingerprint density at radius 2 is 1.86 bits per heavy atom. The number of aliphatic hydroxyl groups excluding tert-OH is 1. The summed E-state index contributed by atoms with van der Waals surface area (Å²) in [5, 5.41) is 12.9. The van der Waals surface area contributed by atoms with Crippen molar-refractivity contribution in [2.75, 3.05) is 0 Å². The fraction of sp³-hybridized carbons (Fsp3) is 0.429. The maximum Gasteiger partial charge on any atom is 0.264 e. The Bertz CT molecular complexity index is 597. The molecule has 1 N–H and O–H groups in total. The molecule has 4 nitrogen and oxygen atoms in total. The number of aromatic nitrogens is 2. The number of rotatable bonds is 5. The van der Waals surface area contributed by atoms with Crippen LogP contribution in [0.5, 0.6) is 0 Å². The third kappa shape index (κ3) is 3.41. The topological polar surface area (TPSA) is 59.2 Å². The molecule has 0 bridgehead atoms. The lowest BCUT2D eigenvalue weighted by Gasteiger charge is -2.20. The summed E-state index contributed by atoms with van der Waals surface area (Å²) in [4.78, 5) is 4.04. The van der Waals surface area contributed by atoms with Crippen LogP contribution >= 0.6 is 0 Å². The zero-order valence-electron chi connectivity index (χ0n) is 11.6. The molecule has 0 fully saturated rings. The Morgan fingerprint density at radius 3 is 2.43 bits per heavy atom. The minimum atomic E-state index is -2.87. The van der Waals surface area contributed by atoms with E-state index in [4.69, 9.17) is 9.63 Å². The van der Waals surface area contributed by atoms with Gasteiger partial charge < -0.3 is 9.63 Å². The van der Waals surface area contributed by atoms with Gasteiger partial charge in [-0.25, -0.2) is 13.2 Å². The molecule has 0 saturated carbocycles. The Kier molecular flexibility index (Phi) is 4.32. The van der Waals surface area contributed by atoms with E-state index in [1.54, 1.807) is 26.0 Å². The van der Waals surface area contributed by atoms with Gasteiger partial charge in [0.15, 0.2) is 5.82 Å². The van der Waals surface area contributed by atoms with Gasteiger partial charge in [-0.15, -0.1) is 0 Å². The molecule has 1 aromatic carbocycles. The van der Waals surface area contributed by atoms with E-state index < -0.39 is 24.4 Å². The molecule has 1 atom stereocenters. The van der Waals surface area contributed by atoms with Crippen LogP contribution in [0.25, 0.3) is 0 Å². The fourth-order valence-corrected chi connectivity index (χ4v) is 1.86. The third-order valence-corrected chi connectivity index (χ3v) is 3.27. The molecule has 1 heterocycles. The Hall–Kier alpha value is -1.89. The van der Waals surface area contributed by atoms with Crippen molar-refractivity contribution in [3.8, 4) is 0 Å². The summed E-state index contributed by atoms with van der Waals surface area (Å²) in [6.07, 6.45) is -5.12. The molecule has 0 radical (unpaired) electrons. The summed E-state index contributed by atoms with van der Waals surface area (Å²) in [6.45, 7) is 3.61. The first-order valence-corrected chi connectivity index (χ1v) is 6.36. The van der Waals surface area contributed by atoms with Gasteiger partial charge in [-0.2, -0.15) is 4.98 Å². The molecule has 1 unspecified atom stereocenters. The molecular weight excluding hydrogens is 285 g/mol. The van der Waals surface area contributed by atoms with Crippen LogP contribution in [0.4, 0.5) is 13.2 Å². The summed E-state index contributed by atoms with van der Waals surface area (Å²) >= 11 is 0. The first-order valence-electron chi connectivity index (χ1n) is 6.36. The van der Waals surface area contributed by atoms with Crippen molar-refractivity contribution < 1.29 is 22.8 Å². The Balaban J connectivity index is 2.21. The van der Waals surface area contributed by atoms with Crippen molar-refractivity contribution in [1.29, 1.82) is 0 Å². The monoisotopic (exact) mass is 300 g/mol. The molecule has 0 aliphatic rings. The van der Waals surface area contributed by atoms with E-state index >= 15 is 0 Å². The first-order chi connectivity index (χ1) is 9.80. The summed E-state index contributed by atoms with van der Waals surface area (Å²) < 4.78 is 42.4. The molecule has 21 heavy (non-hydrogen) atoms. The molecule has 0 aliphatic carbocycles. The number of hydrogen-bond acceptors (Lipinski definition) is 4. The van der Waals surface area contributed by atoms with Crippen LogP contribution < -0.4 is 0 Å². The van der Waals surface area contributed by atoms with Crippen LogP contribution in [0.1, 0.15) is 31.1 Å². The Labute approximate surface area is 119 Å². The van der Waals surface area contributed by atoms with Crippen LogP contribution in [0, 0.1) is 5.82 Å². The van der Waals surface area contributed by atoms with Crippen LogP contribution in [-0.2, 0) is 11.8 Å². The SMILES string of the molecule is CC(C)(c1ccc(F)cc1)c1noc(CC(O)C(F)F)n1. The highest BCUT2D eigenvalue weighted by molar-refractivity contribution is 5.30. The summed E-state index contributed by atoms with van der Waals surface area (Å²) in [6, 6.07) is 5.83. The maximum atomic E-state index is 13.0. The smallest absolute Gasteiger partial charge is 0.264 e. The standard InChI is InChI=1S/C14H15F3N2O2/c1-14(2,8-3-5-9(15)6-4-8)13-18-11(21-19-13)7-10(20)12(16)17/h3-6,10,12,20H,7H2,1-2H3. The number of aliphatic hydroxyl groups is 1. The minimum Gasteiger partial charge on any atom is -0.387 e. The first kappa shape index (κ1) is 15.5. The van der Waals surface area contributed by atoms with E-state index in [1.165, 1.54) is 12.1 Å². The molecule has 114 valence electrons. The van der Waals surface area contributed by atoms with E-state index in [0.717, 1.165) is 5.56 Å². The number of hydrogen-bond donors (Lipinski definition) is 1. The third-order valence-electron chi connectivity index (χ3n) is 3.27. The average Bonchev–Trinajstić information content (AvgIpc) is 2.88. The molecule has 2 rings (SSSR count). The van der Waals surface area contributed by atoms with E-state index in [1.807, 2.05) is 0 Å². The second kappa shape index (κ2) is 5.85. The van der Waals surface area contributed by atoms with Gasteiger partial charge in [0.1, 0.15) is 11.9 Å². The number of alkyl halides is 2. The molecule has 7 heteroatoms. The van der Waals surface area contributed by atoms with E-state index in [0.29, 0.717) is 0 Å². The van der Waals surface area contributed by atoms with Gasteiger partial charge in [0.25, 0.3) is 6.43 Å². The van der Waals surface area contributed by atoms with Crippen molar-refractivity contribution in [3.63, 3.8) is 0 Å². The van der Waals surface area contributed by atoms with Gasteiger partial charge >= 0.3 is 0 Å².